The molecule has 2 nitrogen and oxygen atoms in total. The molecule has 0 bridgehead atoms. The van der Waals surface area contributed by atoms with Crippen molar-refractivity contribution in [2.45, 2.75) is 45.3 Å². The summed E-state index contributed by atoms with van der Waals surface area (Å²) in [5.41, 5.74) is 0.161. The minimum atomic E-state index is -0.980. The van der Waals surface area contributed by atoms with E-state index in [1.807, 2.05) is 31.2 Å². The van der Waals surface area contributed by atoms with Crippen molar-refractivity contribution >= 4 is 0 Å². The molecule has 84 valence electrons. The van der Waals surface area contributed by atoms with E-state index in [9.17, 15) is 10.2 Å². The molecular formula is C13H20O2. The largest absolute Gasteiger partial charge is 0.390 e. The van der Waals surface area contributed by atoms with Crippen molar-refractivity contribution < 1.29 is 10.2 Å². The van der Waals surface area contributed by atoms with Crippen LogP contribution in [-0.4, -0.2) is 15.8 Å². The number of rotatable bonds is 3. The maximum atomic E-state index is 10.3. The summed E-state index contributed by atoms with van der Waals surface area (Å²) in [7, 11) is 0. The Morgan fingerprint density at radius 2 is 1.47 bits per heavy atom. The molecule has 0 aliphatic heterocycles. The summed E-state index contributed by atoms with van der Waals surface area (Å²) < 4.78 is 0. The molecule has 1 rings (SSSR count). The van der Waals surface area contributed by atoms with Crippen LogP contribution in [0, 0.1) is 6.92 Å². The zero-order valence-electron chi connectivity index (χ0n) is 9.91. The van der Waals surface area contributed by atoms with E-state index in [0.29, 0.717) is 6.42 Å². The van der Waals surface area contributed by atoms with Gasteiger partial charge >= 0.3 is 0 Å². The molecule has 0 radical (unpaired) electrons. The highest BCUT2D eigenvalue weighted by Gasteiger charge is 2.30. The van der Waals surface area contributed by atoms with Crippen LogP contribution in [0.3, 0.4) is 0 Å². The van der Waals surface area contributed by atoms with Crippen LogP contribution in [0.15, 0.2) is 24.3 Å². The van der Waals surface area contributed by atoms with Crippen LogP contribution in [0.4, 0.5) is 0 Å². The third-order valence-electron chi connectivity index (χ3n) is 2.45. The zero-order valence-corrected chi connectivity index (χ0v) is 9.91. The zero-order chi connectivity index (χ0) is 11.7. The first kappa shape index (κ1) is 12.2. The summed E-state index contributed by atoms with van der Waals surface area (Å²) in [6, 6.07) is 7.74. The molecule has 15 heavy (non-hydrogen) atoms. The molecule has 0 spiro atoms. The second kappa shape index (κ2) is 3.95. The van der Waals surface area contributed by atoms with Crippen LogP contribution >= 0.6 is 0 Å². The molecule has 0 fully saturated rings. The van der Waals surface area contributed by atoms with Gasteiger partial charge in [0, 0.05) is 6.42 Å². The molecular weight excluding hydrogens is 188 g/mol. The number of aryl methyl sites for hydroxylation is 1. The summed E-state index contributed by atoms with van der Waals surface area (Å²) >= 11 is 0. The molecule has 0 saturated carbocycles. The number of hydrogen-bond donors (Lipinski definition) is 2. The highest BCUT2D eigenvalue weighted by atomic mass is 16.3. The third kappa shape index (κ3) is 3.65. The van der Waals surface area contributed by atoms with Crippen LogP contribution in [0.25, 0.3) is 0 Å². The second-order valence-corrected chi connectivity index (χ2v) is 5.13. The van der Waals surface area contributed by atoms with Gasteiger partial charge in [0.15, 0.2) is 0 Å². The highest BCUT2D eigenvalue weighted by Crippen LogP contribution is 2.29. The van der Waals surface area contributed by atoms with Crippen LogP contribution in [0.5, 0.6) is 0 Å². The molecule has 1 aromatic carbocycles. The molecule has 1 atom stereocenters. The van der Waals surface area contributed by atoms with Crippen molar-refractivity contribution in [1.82, 2.24) is 0 Å². The molecule has 2 N–H and O–H groups in total. The van der Waals surface area contributed by atoms with Gasteiger partial charge in [-0.05, 0) is 33.3 Å². The van der Waals surface area contributed by atoms with Gasteiger partial charge in [-0.3, -0.25) is 0 Å². The Kier molecular flexibility index (Phi) is 3.22. The molecule has 1 unspecified atom stereocenters. The van der Waals surface area contributed by atoms with Gasteiger partial charge < -0.3 is 10.2 Å². The molecule has 2 heteroatoms. The molecule has 0 aromatic heterocycles. The van der Waals surface area contributed by atoms with Crippen molar-refractivity contribution in [3.63, 3.8) is 0 Å². The van der Waals surface area contributed by atoms with E-state index in [-0.39, 0.29) is 0 Å². The lowest BCUT2D eigenvalue weighted by atomic mass is 9.85. The predicted molar refractivity (Wildman–Crippen MR) is 61.7 cm³/mol. The smallest absolute Gasteiger partial charge is 0.0895 e. The van der Waals surface area contributed by atoms with Crippen LogP contribution in [0.1, 0.15) is 38.3 Å². The quantitative estimate of drug-likeness (QED) is 0.800. The molecule has 0 amide bonds. The maximum absolute atomic E-state index is 10.3. The van der Waals surface area contributed by atoms with Crippen LogP contribution in [0.2, 0.25) is 0 Å². The van der Waals surface area contributed by atoms with E-state index in [2.05, 4.69) is 0 Å². The van der Waals surface area contributed by atoms with Gasteiger partial charge in [0.25, 0.3) is 0 Å². The van der Waals surface area contributed by atoms with Gasteiger partial charge in [0.05, 0.1) is 11.2 Å². The molecule has 0 heterocycles. The fraction of sp³-hybridized carbons (Fsp3) is 0.538. The SMILES string of the molecule is Cc1ccc(C(C)(O)CC(C)(C)O)cc1. The molecule has 0 aliphatic carbocycles. The minimum Gasteiger partial charge on any atom is -0.390 e. The fourth-order valence-corrected chi connectivity index (χ4v) is 1.86. The molecule has 1 aromatic rings. The van der Waals surface area contributed by atoms with E-state index in [1.54, 1.807) is 20.8 Å². The van der Waals surface area contributed by atoms with Gasteiger partial charge in [-0.25, -0.2) is 0 Å². The van der Waals surface area contributed by atoms with Crippen molar-refractivity contribution in [2.75, 3.05) is 0 Å². The summed E-state index contributed by atoms with van der Waals surface area (Å²) in [5.74, 6) is 0. The lowest BCUT2D eigenvalue weighted by molar-refractivity contribution is -0.0390. The van der Waals surface area contributed by atoms with E-state index >= 15 is 0 Å². The summed E-state index contributed by atoms with van der Waals surface area (Å²) in [6.07, 6.45) is 0.322. The van der Waals surface area contributed by atoms with Crippen molar-refractivity contribution in [2.24, 2.45) is 0 Å². The van der Waals surface area contributed by atoms with Crippen LogP contribution < -0.4 is 0 Å². The highest BCUT2D eigenvalue weighted by molar-refractivity contribution is 5.26. The lowest BCUT2D eigenvalue weighted by Crippen LogP contribution is -2.33. The Bertz CT molecular complexity index is 317. The van der Waals surface area contributed by atoms with E-state index < -0.39 is 11.2 Å². The average Bonchev–Trinajstić information content (AvgIpc) is 2.00. The van der Waals surface area contributed by atoms with Crippen molar-refractivity contribution in [1.29, 1.82) is 0 Å². The normalized spacial score (nSPS) is 16.1. The maximum Gasteiger partial charge on any atom is 0.0895 e. The van der Waals surface area contributed by atoms with Crippen LogP contribution in [-0.2, 0) is 5.60 Å². The first-order valence-corrected chi connectivity index (χ1v) is 5.23. The third-order valence-corrected chi connectivity index (χ3v) is 2.45. The van der Waals surface area contributed by atoms with Crippen molar-refractivity contribution in [3.8, 4) is 0 Å². The van der Waals surface area contributed by atoms with Gasteiger partial charge in [0.1, 0.15) is 0 Å². The molecule has 0 saturated heterocycles. The Balaban J connectivity index is 2.90. The summed E-state index contributed by atoms with van der Waals surface area (Å²) in [6.45, 7) is 7.15. The molecule has 0 aliphatic rings. The van der Waals surface area contributed by atoms with Gasteiger partial charge in [0.2, 0.25) is 0 Å². The van der Waals surface area contributed by atoms with Crippen molar-refractivity contribution in [3.05, 3.63) is 35.4 Å². The standard InChI is InChI=1S/C13H20O2/c1-10-5-7-11(8-6-10)13(4,15)9-12(2,3)14/h5-8,14-15H,9H2,1-4H3. The van der Waals surface area contributed by atoms with E-state index in [1.165, 1.54) is 0 Å². The van der Waals surface area contributed by atoms with E-state index in [0.717, 1.165) is 11.1 Å². The second-order valence-electron chi connectivity index (χ2n) is 5.13. The number of benzene rings is 1. The van der Waals surface area contributed by atoms with Gasteiger partial charge in [-0.15, -0.1) is 0 Å². The minimum absolute atomic E-state index is 0.322. The number of hydrogen-bond acceptors (Lipinski definition) is 2. The predicted octanol–water partition coefficient (Wildman–Crippen LogP) is 2.36. The Morgan fingerprint density at radius 1 is 1.00 bits per heavy atom. The Morgan fingerprint density at radius 3 is 1.87 bits per heavy atom. The first-order valence-electron chi connectivity index (χ1n) is 5.23. The summed E-state index contributed by atoms with van der Waals surface area (Å²) in [5, 5.41) is 20.0. The van der Waals surface area contributed by atoms with Gasteiger partial charge in [-0.2, -0.15) is 0 Å². The lowest BCUT2D eigenvalue weighted by Gasteiger charge is -2.30. The number of aliphatic hydroxyl groups is 2. The van der Waals surface area contributed by atoms with Gasteiger partial charge in [-0.1, -0.05) is 29.8 Å². The first-order chi connectivity index (χ1) is 6.71. The fourth-order valence-electron chi connectivity index (χ4n) is 1.86. The topological polar surface area (TPSA) is 40.5 Å². The Hall–Kier alpha value is -0.860. The van der Waals surface area contributed by atoms with E-state index in [4.69, 9.17) is 0 Å². The monoisotopic (exact) mass is 208 g/mol. The summed E-state index contributed by atoms with van der Waals surface area (Å²) in [4.78, 5) is 0. The average molecular weight is 208 g/mol. The Labute approximate surface area is 91.6 Å².